The Balaban J connectivity index is 2.24. The molecular formula is C24H27NO4. The number of esters is 2. The fourth-order valence-corrected chi connectivity index (χ4v) is 2.42. The van der Waals surface area contributed by atoms with Crippen molar-refractivity contribution >= 4 is 18.0 Å². The Bertz CT molecular complexity index is 918. The third-order valence-electron chi connectivity index (χ3n) is 3.75. The molecule has 1 aromatic carbocycles. The van der Waals surface area contributed by atoms with Crippen molar-refractivity contribution < 1.29 is 19.1 Å². The highest BCUT2D eigenvalue weighted by atomic mass is 16.6. The normalized spacial score (nSPS) is 11.2. The van der Waals surface area contributed by atoms with E-state index in [1.165, 1.54) is 6.08 Å². The quantitative estimate of drug-likeness (QED) is 0.293. The molecule has 5 heteroatoms. The largest absolute Gasteiger partial charge is 0.457 e. The first-order chi connectivity index (χ1) is 13.6. The Kier molecular flexibility index (Phi) is 7.48. The molecule has 0 saturated heterocycles. The number of pyridine rings is 1. The van der Waals surface area contributed by atoms with Crippen LogP contribution < -0.4 is 4.74 Å². The van der Waals surface area contributed by atoms with E-state index in [2.05, 4.69) is 11.1 Å². The number of nitrogens with zero attached hydrogens (tertiary/aromatic N) is 1. The Morgan fingerprint density at radius 1 is 1.07 bits per heavy atom. The minimum Gasteiger partial charge on any atom is -0.457 e. The molecule has 2 aromatic rings. The highest BCUT2D eigenvalue weighted by molar-refractivity contribution is 5.91. The molecule has 0 amide bonds. The van der Waals surface area contributed by atoms with Gasteiger partial charge in [0.2, 0.25) is 0 Å². The van der Waals surface area contributed by atoms with Crippen LogP contribution in [0.1, 0.15) is 56.1 Å². The summed E-state index contributed by atoms with van der Waals surface area (Å²) in [4.78, 5) is 28.2. The zero-order chi connectivity index (χ0) is 21.4. The molecule has 2 rings (SSSR count). The second-order valence-electron chi connectivity index (χ2n) is 7.84. The number of hydrogen-bond acceptors (Lipinski definition) is 5. The van der Waals surface area contributed by atoms with Crippen molar-refractivity contribution in [2.75, 3.05) is 0 Å². The lowest BCUT2D eigenvalue weighted by molar-refractivity contribution is -0.148. The van der Waals surface area contributed by atoms with Crippen molar-refractivity contribution in [2.24, 2.45) is 0 Å². The van der Waals surface area contributed by atoms with Crippen molar-refractivity contribution in [3.05, 3.63) is 77.1 Å². The van der Waals surface area contributed by atoms with Gasteiger partial charge >= 0.3 is 11.9 Å². The first-order valence-electron chi connectivity index (χ1n) is 9.43. The minimum absolute atomic E-state index is 0.406. The van der Waals surface area contributed by atoms with Gasteiger partial charge in [0.05, 0.1) is 5.56 Å². The molecule has 1 heterocycles. The Morgan fingerprint density at radius 3 is 2.38 bits per heavy atom. The number of rotatable bonds is 6. The number of allylic oxidation sites excluding steroid dienone is 2. The number of aromatic nitrogens is 1. The van der Waals surface area contributed by atoms with Crippen molar-refractivity contribution in [1.29, 1.82) is 0 Å². The van der Waals surface area contributed by atoms with Crippen molar-refractivity contribution in [3.8, 4) is 5.75 Å². The molecule has 5 nitrogen and oxygen atoms in total. The predicted molar refractivity (Wildman–Crippen MR) is 114 cm³/mol. The second-order valence-corrected chi connectivity index (χ2v) is 7.84. The molecule has 0 radical (unpaired) electrons. The van der Waals surface area contributed by atoms with Crippen LogP contribution in [0, 0.1) is 0 Å². The lowest BCUT2D eigenvalue weighted by atomic mass is 10.0. The molecule has 152 valence electrons. The van der Waals surface area contributed by atoms with E-state index in [0.717, 1.165) is 16.7 Å². The van der Waals surface area contributed by atoms with Gasteiger partial charge in [0.15, 0.2) is 0 Å². The van der Waals surface area contributed by atoms with E-state index in [0.29, 0.717) is 17.7 Å². The van der Waals surface area contributed by atoms with Gasteiger partial charge in [-0.15, -0.1) is 0 Å². The van der Waals surface area contributed by atoms with E-state index in [1.807, 2.05) is 40.7 Å². The fraction of sp³-hybridized carbons (Fsp3) is 0.292. The average Bonchev–Trinajstić information content (AvgIpc) is 2.65. The van der Waals surface area contributed by atoms with Crippen molar-refractivity contribution in [3.63, 3.8) is 0 Å². The molecule has 0 unspecified atom stereocenters. The summed E-state index contributed by atoms with van der Waals surface area (Å²) in [6.45, 7) is 9.48. The maximum atomic E-state index is 12.4. The number of benzene rings is 1. The van der Waals surface area contributed by atoms with E-state index in [1.54, 1.807) is 42.7 Å². The average molecular weight is 393 g/mol. The molecular weight excluding hydrogens is 366 g/mol. The summed E-state index contributed by atoms with van der Waals surface area (Å²) in [6.07, 6.45) is 8.84. The summed E-state index contributed by atoms with van der Waals surface area (Å²) in [6, 6.07) is 8.64. The smallest absolute Gasteiger partial charge is 0.343 e. The van der Waals surface area contributed by atoms with Crippen LogP contribution in [-0.4, -0.2) is 22.5 Å². The van der Waals surface area contributed by atoms with Crippen molar-refractivity contribution in [1.82, 2.24) is 4.98 Å². The fourth-order valence-electron chi connectivity index (χ4n) is 2.42. The topological polar surface area (TPSA) is 65.5 Å². The molecule has 0 bridgehead atoms. The van der Waals surface area contributed by atoms with Crippen LogP contribution in [0.3, 0.4) is 0 Å². The molecule has 29 heavy (non-hydrogen) atoms. The van der Waals surface area contributed by atoms with Gasteiger partial charge in [-0.05, 0) is 82.5 Å². The Labute approximate surface area is 172 Å². The third-order valence-corrected chi connectivity index (χ3v) is 3.75. The highest BCUT2D eigenvalue weighted by Gasteiger charge is 2.14. The number of carbonyl (C=O) groups is 2. The zero-order valence-electron chi connectivity index (χ0n) is 17.6. The number of hydrogen-bond donors (Lipinski definition) is 0. The van der Waals surface area contributed by atoms with Crippen LogP contribution in [0.2, 0.25) is 0 Å². The summed E-state index contributed by atoms with van der Waals surface area (Å²) < 4.78 is 10.9. The lowest BCUT2D eigenvalue weighted by Crippen LogP contribution is -2.22. The zero-order valence-corrected chi connectivity index (χ0v) is 17.6. The molecule has 1 aromatic heterocycles. The van der Waals surface area contributed by atoms with Gasteiger partial charge in [-0.3, -0.25) is 4.98 Å². The standard InChI is InChI=1S/C24H27NO4/c1-17(2)6-9-20-16-18(8-11-22(26)29-24(3,4)5)7-10-21(20)28-23(27)19-12-14-25-15-13-19/h6-8,10-16H,9H2,1-5H3/b11-8+. The summed E-state index contributed by atoms with van der Waals surface area (Å²) in [5.74, 6) is -0.363. The van der Waals surface area contributed by atoms with E-state index in [9.17, 15) is 9.59 Å². The maximum absolute atomic E-state index is 12.4. The predicted octanol–water partition coefficient (Wildman–Crippen LogP) is 5.16. The van der Waals surface area contributed by atoms with Gasteiger partial charge in [-0.1, -0.05) is 17.7 Å². The lowest BCUT2D eigenvalue weighted by Gasteiger charge is -2.17. The van der Waals surface area contributed by atoms with E-state index < -0.39 is 17.5 Å². The molecule has 0 spiro atoms. The van der Waals surface area contributed by atoms with Crippen LogP contribution in [-0.2, 0) is 16.0 Å². The first-order valence-corrected chi connectivity index (χ1v) is 9.43. The molecule has 0 N–H and O–H groups in total. The van der Waals surface area contributed by atoms with Crippen molar-refractivity contribution in [2.45, 2.75) is 46.6 Å². The van der Waals surface area contributed by atoms with E-state index in [4.69, 9.17) is 9.47 Å². The van der Waals surface area contributed by atoms with Crippen LogP contribution in [0.25, 0.3) is 6.08 Å². The first kappa shape index (κ1) is 22.1. The van der Waals surface area contributed by atoms with Gasteiger partial charge in [-0.2, -0.15) is 0 Å². The Morgan fingerprint density at radius 2 is 1.76 bits per heavy atom. The summed E-state index contributed by atoms with van der Waals surface area (Å²) in [7, 11) is 0. The minimum atomic E-state index is -0.541. The van der Waals surface area contributed by atoms with E-state index >= 15 is 0 Å². The molecule has 0 aliphatic rings. The summed E-state index contributed by atoms with van der Waals surface area (Å²) in [5, 5.41) is 0. The van der Waals surface area contributed by atoms with Crippen LogP contribution in [0.15, 0.2) is 60.5 Å². The van der Waals surface area contributed by atoms with E-state index in [-0.39, 0.29) is 0 Å². The molecule has 0 atom stereocenters. The van der Waals surface area contributed by atoms with Crippen LogP contribution >= 0.6 is 0 Å². The molecule has 0 aliphatic carbocycles. The second kappa shape index (κ2) is 9.82. The number of ether oxygens (including phenoxy) is 2. The highest BCUT2D eigenvalue weighted by Crippen LogP contribution is 2.24. The number of carbonyl (C=O) groups excluding carboxylic acids is 2. The van der Waals surface area contributed by atoms with Gasteiger partial charge < -0.3 is 9.47 Å². The van der Waals surface area contributed by atoms with Gasteiger partial charge in [0.25, 0.3) is 0 Å². The molecule has 0 aliphatic heterocycles. The summed E-state index contributed by atoms with van der Waals surface area (Å²) in [5.41, 5.74) is 2.71. The van der Waals surface area contributed by atoms with Gasteiger partial charge in [0, 0.05) is 18.5 Å². The maximum Gasteiger partial charge on any atom is 0.343 e. The van der Waals surface area contributed by atoms with Gasteiger partial charge in [-0.25, -0.2) is 9.59 Å². The van der Waals surface area contributed by atoms with Crippen LogP contribution in [0.4, 0.5) is 0 Å². The molecule has 0 saturated carbocycles. The van der Waals surface area contributed by atoms with Gasteiger partial charge in [0.1, 0.15) is 11.4 Å². The van der Waals surface area contributed by atoms with Crippen LogP contribution in [0.5, 0.6) is 5.75 Å². The Hall–Kier alpha value is -3.21. The third kappa shape index (κ3) is 7.74. The summed E-state index contributed by atoms with van der Waals surface area (Å²) >= 11 is 0. The molecule has 0 fully saturated rings. The monoisotopic (exact) mass is 393 g/mol. The SMILES string of the molecule is CC(C)=CCc1cc(/C=C/C(=O)OC(C)(C)C)ccc1OC(=O)c1ccncc1.